The third kappa shape index (κ3) is 4.64. The lowest BCUT2D eigenvalue weighted by molar-refractivity contribution is -0.176. The largest absolute Gasteiger partial charge is 0.484 e. The molecule has 0 atom stereocenters. The Morgan fingerprint density at radius 2 is 1.46 bits per heavy atom. The first kappa shape index (κ1) is 20.3. The van der Waals surface area contributed by atoms with Gasteiger partial charge in [-0.05, 0) is 0 Å². The molecular weight excluding hydrogens is 377 g/mol. The van der Waals surface area contributed by atoms with Gasteiger partial charge in [-0.3, -0.25) is 0 Å². The lowest BCUT2D eigenvalue weighted by Crippen LogP contribution is -2.29. The molecule has 5 nitrogen and oxygen atoms in total. The van der Waals surface area contributed by atoms with Crippen molar-refractivity contribution in [1.82, 2.24) is 0 Å². The highest BCUT2D eigenvalue weighted by Gasteiger charge is 2.43. The summed E-state index contributed by atoms with van der Waals surface area (Å²) in [6, 6.07) is 0. The van der Waals surface area contributed by atoms with Crippen molar-refractivity contribution in [3.8, 4) is 5.75 Å². The lowest BCUT2D eigenvalue weighted by Gasteiger charge is -2.13. The minimum atomic E-state index is -4.17. The van der Waals surface area contributed by atoms with Crippen LogP contribution in [0.1, 0.15) is 0 Å². The number of esters is 1. The van der Waals surface area contributed by atoms with E-state index in [0.717, 1.165) is 7.11 Å². The molecule has 13 heteroatoms. The molecule has 0 saturated carbocycles. The molecule has 0 bridgehead atoms. The van der Waals surface area contributed by atoms with Crippen LogP contribution < -0.4 is 4.74 Å². The van der Waals surface area contributed by atoms with Gasteiger partial charge in [-0.15, -0.1) is 0 Å². The van der Waals surface area contributed by atoms with Gasteiger partial charge in [0.2, 0.25) is 29.1 Å². The summed E-state index contributed by atoms with van der Waals surface area (Å²) in [6.07, 6.45) is 0. The molecule has 0 heterocycles. The number of benzene rings is 1. The quantitative estimate of drug-likeness (QED) is 0.100. The number of halogens is 7. The third-order valence-corrected chi connectivity index (χ3v) is 2.76. The number of ether oxygens (including phenoxy) is 2. The zero-order chi connectivity index (χ0) is 18.5. The van der Waals surface area contributed by atoms with Crippen LogP contribution in [0.25, 0.3) is 0 Å². The van der Waals surface area contributed by atoms with Crippen LogP contribution in [-0.2, 0) is 18.8 Å². The van der Waals surface area contributed by atoms with Crippen molar-refractivity contribution in [2.24, 2.45) is 0 Å². The van der Waals surface area contributed by atoms with Gasteiger partial charge in [0.15, 0.2) is 5.75 Å². The second kappa shape index (κ2) is 8.39. The summed E-state index contributed by atoms with van der Waals surface area (Å²) in [7, 11) is 0.895. The topological polar surface area (TPSA) is 54.0 Å². The molecule has 1 aromatic carbocycles. The minimum absolute atomic E-state index is 0.680. The van der Waals surface area contributed by atoms with E-state index < -0.39 is 71.3 Å². The number of alkyl halides is 2. The average molecular weight is 384 g/mol. The van der Waals surface area contributed by atoms with Gasteiger partial charge in [0.25, 0.3) is 0 Å². The van der Waals surface area contributed by atoms with Gasteiger partial charge in [0.1, 0.15) is 25.3 Å². The monoisotopic (exact) mass is 384 g/mol. The van der Waals surface area contributed by atoms with E-state index in [4.69, 9.17) is 0 Å². The van der Waals surface area contributed by atoms with Gasteiger partial charge in [0, 0.05) is 0 Å². The van der Waals surface area contributed by atoms with Crippen molar-refractivity contribution in [1.29, 1.82) is 0 Å². The zero-order valence-electron chi connectivity index (χ0n) is 11.5. The molecule has 0 spiro atoms. The second-order valence-corrected chi connectivity index (χ2v) is 4.53. The number of hydrogen-bond acceptors (Lipinski definition) is 6. The van der Waals surface area contributed by atoms with E-state index in [2.05, 4.69) is 18.7 Å². The average Bonchev–Trinajstić information content (AvgIpc) is 2.55. The van der Waals surface area contributed by atoms with Crippen LogP contribution in [0, 0.1) is 29.1 Å². The van der Waals surface area contributed by atoms with Gasteiger partial charge < -0.3 is 9.47 Å². The van der Waals surface area contributed by atoms with E-state index in [1.165, 1.54) is 0 Å². The molecule has 0 fully saturated rings. The first-order valence-electron chi connectivity index (χ1n) is 5.71. The molecule has 0 aliphatic heterocycles. The molecular formula is C11H7F7O5S. The van der Waals surface area contributed by atoms with Crippen LogP contribution in [0.3, 0.4) is 0 Å². The van der Waals surface area contributed by atoms with E-state index in [1.807, 2.05) is 0 Å². The SMILES string of the molecule is COOSC(F)(F)C(=O)OCCOc1c(F)c(F)c(F)c(F)c1F. The molecule has 0 radical (unpaired) electrons. The number of carbonyl (C=O) groups is 1. The Morgan fingerprint density at radius 3 is 1.96 bits per heavy atom. The molecule has 0 aliphatic carbocycles. The fraction of sp³-hybridized carbons (Fsp3) is 0.364. The van der Waals surface area contributed by atoms with Crippen molar-refractivity contribution in [3.63, 3.8) is 0 Å². The van der Waals surface area contributed by atoms with E-state index >= 15 is 0 Å². The van der Waals surface area contributed by atoms with E-state index in [9.17, 15) is 35.5 Å². The Balaban J connectivity index is 2.62. The Labute approximate surface area is 133 Å². The molecule has 0 aliphatic rings. The van der Waals surface area contributed by atoms with Crippen molar-refractivity contribution < 1.29 is 54.2 Å². The maximum Gasteiger partial charge on any atom is 0.415 e. The number of carbonyl (C=O) groups excluding carboxylic acids is 1. The van der Waals surface area contributed by atoms with Crippen LogP contribution in [0.15, 0.2) is 0 Å². The van der Waals surface area contributed by atoms with Gasteiger partial charge in [-0.25, -0.2) is 22.9 Å². The highest BCUT2D eigenvalue weighted by atomic mass is 32.2. The second-order valence-electron chi connectivity index (χ2n) is 3.72. The van der Waals surface area contributed by atoms with Gasteiger partial charge in [0.05, 0.1) is 7.11 Å². The summed E-state index contributed by atoms with van der Waals surface area (Å²) >= 11 is -0.680. The van der Waals surface area contributed by atoms with Crippen LogP contribution in [0.5, 0.6) is 5.75 Å². The smallest absolute Gasteiger partial charge is 0.415 e. The highest BCUT2D eigenvalue weighted by molar-refractivity contribution is 7.96. The molecule has 0 saturated heterocycles. The first-order valence-corrected chi connectivity index (χ1v) is 6.45. The van der Waals surface area contributed by atoms with Crippen LogP contribution in [-0.4, -0.2) is 31.5 Å². The Morgan fingerprint density at radius 1 is 0.958 bits per heavy atom. The van der Waals surface area contributed by atoms with E-state index in [0.29, 0.717) is 0 Å². The highest BCUT2D eigenvalue weighted by Crippen LogP contribution is 2.31. The van der Waals surface area contributed by atoms with E-state index in [1.54, 1.807) is 0 Å². The normalized spacial score (nSPS) is 11.5. The van der Waals surface area contributed by atoms with Crippen LogP contribution in [0.2, 0.25) is 0 Å². The molecule has 0 aromatic heterocycles. The maximum atomic E-state index is 13.2. The summed E-state index contributed by atoms with van der Waals surface area (Å²) in [5, 5.41) is -4.17. The molecule has 0 unspecified atom stereocenters. The fourth-order valence-electron chi connectivity index (χ4n) is 1.18. The van der Waals surface area contributed by atoms with E-state index in [-0.39, 0.29) is 0 Å². The van der Waals surface area contributed by atoms with Gasteiger partial charge in [-0.1, -0.05) is 0 Å². The molecule has 136 valence electrons. The van der Waals surface area contributed by atoms with Crippen LogP contribution >= 0.6 is 12.0 Å². The third-order valence-electron chi connectivity index (χ3n) is 2.18. The Hall–Kier alpha value is -1.73. The van der Waals surface area contributed by atoms with Gasteiger partial charge >= 0.3 is 11.2 Å². The number of hydrogen-bond donors (Lipinski definition) is 0. The minimum Gasteiger partial charge on any atom is -0.484 e. The van der Waals surface area contributed by atoms with Crippen molar-refractivity contribution in [2.45, 2.75) is 5.25 Å². The molecule has 0 amide bonds. The van der Waals surface area contributed by atoms with Crippen molar-refractivity contribution in [2.75, 3.05) is 20.3 Å². The summed E-state index contributed by atoms with van der Waals surface area (Å²) in [5.41, 5.74) is 0. The van der Waals surface area contributed by atoms with Gasteiger partial charge in [-0.2, -0.15) is 21.9 Å². The Kier molecular flexibility index (Phi) is 7.10. The lowest BCUT2D eigenvalue weighted by atomic mass is 10.2. The standard InChI is InChI=1S/C11H7F7O5S/c1-20-23-24-11(17,18)10(19)22-3-2-21-9-7(15)5(13)4(12)6(14)8(9)16/h2-3H2,1H3. The Bertz CT molecular complexity index is 584. The summed E-state index contributed by atoms with van der Waals surface area (Å²) in [5.74, 6) is -15.1. The predicted octanol–water partition coefficient (Wildman–Crippen LogP) is 3.12. The fourth-order valence-corrected chi connectivity index (χ4v) is 1.46. The van der Waals surface area contributed by atoms with Crippen molar-refractivity contribution in [3.05, 3.63) is 29.1 Å². The van der Waals surface area contributed by atoms with Crippen molar-refractivity contribution >= 4 is 18.0 Å². The summed E-state index contributed by atoms with van der Waals surface area (Å²) in [4.78, 5) is 14.8. The summed E-state index contributed by atoms with van der Waals surface area (Å²) < 4.78 is 103. The summed E-state index contributed by atoms with van der Waals surface area (Å²) in [6.45, 7) is -1.93. The molecule has 24 heavy (non-hydrogen) atoms. The first-order chi connectivity index (χ1) is 11.1. The molecule has 1 rings (SSSR count). The maximum absolute atomic E-state index is 13.2. The zero-order valence-corrected chi connectivity index (χ0v) is 12.3. The molecule has 1 aromatic rings. The predicted molar refractivity (Wildman–Crippen MR) is 63.3 cm³/mol. The molecule has 0 N–H and O–H groups in total. The number of rotatable bonds is 8. The van der Waals surface area contributed by atoms with Crippen LogP contribution in [0.4, 0.5) is 30.7 Å².